The topological polar surface area (TPSA) is 61.8 Å². The number of nitrogens with zero attached hydrogens (tertiary/aromatic N) is 2. The SMILES string of the molecule is CN(C(N)=NCC(F)(F)CO)C1CC1. The second-order valence-electron chi connectivity index (χ2n) is 3.53. The Labute approximate surface area is 81.4 Å². The zero-order chi connectivity index (χ0) is 10.8. The quantitative estimate of drug-likeness (QED) is 0.504. The Balaban J connectivity index is 2.42. The van der Waals surface area contributed by atoms with Crippen LogP contribution < -0.4 is 5.73 Å². The van der Waals surface area contributed by atoms with Crippen molar-refractivity contribution in [2.24, 2.45) is 10.7 Å². The van der Waals surface area contributed by atoms with Crippen molar-refractivity contribution in [3.05, 3.63) is 0 Å². The molecule has 0 bridgehead atoms. The zero-order valence-corrected chi connectivity index (χ0v) is 8.08. The van der Waals surface area contributed by atoms with Crippen LogP contribution in [-0.2, 0) is 0 Å². The number of aliphatic imine (C=N–C) groups is 1. The summed E-state index contributed by atoms with van der Waals surface area (Å²) < 4.78 is 25.1. The number of halogens is 2. The third kappa shape index (κ3) is 3.10. The van der Waals surface area contributed by atoms with Gasteiger partial charge in [-0.25, -0.2) is 13.8 Å². The Kier molecular flexibility index (Phi) is 3.25. The van der Waals surface area contributed by atoms with Gasteiger partial charge < -0.3 is 15.7 Å². The number of guanidine groups is 1. The van der Waals surface area contributed by atoms with E-state index in [4.69, 9.17) is 10.8 Å². The molecule has 1 fully saturated rings. The highest BCUT2D eigenvalue weighted by molar-refractivity contribution is 5.78. The van der Waals surface area contributed by atoms with Crippen LogP contribution in [0.1, 0.15) is 12.8 Å². The molecule has 0 amide bonds. The van der Waals surface area contributed by atoms with Crippen LogP contribution >= 0.6 is 0 Å². The molecule has 1 aliphatic carbocycles. The number of rotatable bonds is 4. The maximum Gasteiger partial charge on any atom is 0.289 e. The summed E-state index contributed by atoms with van der Waals surface area (Å²) in [5, 5.41) is 8.29. The molecule has 1 saturated carbocycles. The maximum atomic E-state index is 12.6. The first kappa shape index (κ1) is 11.2. The summed E-state index contributed by atoms with van der Waals surface area (Å²) in [5.41, 5.74) is 5.48. The predicted molar refractivity (Wildman–Crippen MR) is 49.3 cm³/mol. The molecular formula is C8H15F2N3O. The molecule has 1 rings (SSSR count). The van der Waals surface area contributed by atoms with Gasteiger partial charge in [-0.15, -0.1) is 0 Å². The summed E-state index contributed by atoms with van der Waals surface area (Å²) in [7, 11) is 1.73. The number of nitrogens with two attached hydrogens (primary N) is 1. The molecule has 0 saturated heterocycles. The van der Waals surface area contributed by atoms with E-state index in [9.17, 15) is 8.78 Å². The monoisotopic (exact) mass is 207 g/mol. The van der Waals surface area contributed by atoms with Gasteiger partial charge in [0.1, 0.15) is 13.2 Å². The summed E-state index contributed by atoms with van der Waals surface area (Å²) in [6.45, 7) is -1.96. The second-order valence-corrected chi connectivity index (χ2v) is 3.53. The Morgan fingerprint density at radius 2 is 2.21 bits per heavy atom. The van der Waals surface area contributed by atoms with Crippen LogP contribution in [0, 0.1) is 0 Å². The number of alkyl halides is 2. The van der Waals surface area contributed by atoms with E-state index in [0.717, 1.165) is 12.8 Å². The minimum absolute atomic E-state index is 0.112. The minimum Gasteiger partial charge on any atom is -0.390 e. The van der Waals surface area contributed by atoms with Gasteiger partial charge in [0, 0.05) is 13.1 Å². The molecule has 0 radical (unpaired) electrons. The third-order valence-corrected chi connectivity index (χ3v) is 2.16. The lowest BCUT2D eigenvalue weighted by atomic mass is 10.4. The fourth-order valence-corrected chi connectivity index (χ4v) is 1.01. The van der Waals surface area contributed by atoms with Gasteiger partial charge in [-0.2, -0.15) is 0 Å². The van der Waals surface area contributed by atoms with E-state index in [2.05, 4.69) is 4.99 Å². The number of aliphatic hydroxyl groups excluding tert-OH is 1. The summed E-state index contributed by atoms with van der Waals surface area (Å²) >= 11 is 0. The molecule has 0 aliphatic heterocycles. The number of hydrogen-bond donors (Lipinski definition) is 2. The highest BCUT2D eigenvalue weighted by atomic mass is 19.3. The Morgan fingerprint density at radius 1 is 1.64 bits per heavy atom. The molecule has 14 heavy (non-hydrogen) atoms. The Hall–Kier alpha value is -0.910. The smallest absolute Gasteiger partial charge is 0.289 e. The van der Waals surface area contributed by atoms with E-state index in [1.807, 2.05) is 0 Å². The molecule has 0 spiro atoms. The molecule has 1 aliphatic rings. The van der Waals surface area contributed by atoms with Gasteiger partial charge >= 0.3 is 0 Å². The molecule has 0 aromatic rings. The molecule has 0 aromatic heterocycles. The molecule has 0 heterocycles. The maximum absolute atomic E-state index is 12.6. The van der Waals surface area contributed by atoms with E-state index in [0.29, 0.717) is 6.04 Å². The van der Waals surface area contributed by atoms with Crippen LogP contribution in [0.3, 0.4) is 0 Å². The first-order valence-electron chi connectivity index (χ1n) is 4.48. The molecule has 82 valence electrons. The third-order valence-electron chi connectivity index (χ3n) is 2.16. The summed E-state index contributed by atoms with van der Waals surface area (Å²) in [5.74, 6) is -3.06. The second kappa shape index (κ2) is 4.08. The lowest BCUT2D eigenvalue weighted by Gasteiger charge is -2.18. The molecule has 0 aromatic carbocycles. The lowest BCUT2D eigenvalue weighted by molar-refractivity contribution is -0.0405. The van der Waals surface area contributed by atoms with E-state index in [1.165, 1.54) is 0 Å². The zero-order valence-electron chi connectivity index (χ0n) is 8.08. The molecular weight excluding hydrogens is 192 g/mol. The summed E-state index contributed by atoms with van der Waals surface area (Å²) in [6, 6.07) is 0.349. The van der Waals surface area contributed by atoms with Crippen LogP contribution in [0.5, 0.6) is 0 Å². The fraction of sp³-hybridized carbons (Fsp3) is 0.875. The van der Waals surface area contributed by atoms with Gasteiger partial charge in [-0.1, -0.05) is 0 Å². The van der Waals surface area contributed by atoms with Gasteiger partial charge in [0.25, 0.3) is 5.92 Å². The van der Waals surface area contributed by atoms with Crippen LogP contribution in [-0.4, -0.2) is 48.1 Å². The summed E-state index contributed by atoms with van der Waals surface area (Å²) in [6.07, 6.45) is 2.06. The van der Waals surface area contributed by atoms with Crippen molar-refractivity contribution in [3.63, 3.8) is 0 Å². The van der Waals surface area contributed by atoms with Crippen LogP contribution in [0.2, 0.25) is 0 Å². The van der Waals surface area contributed by atoms with Crippen molar-refractivity contribution in [2.45, 2.75) is 24.8 Å². The molecule has 3 N–H and O–H groups in total. The molecule has 0 unspecified atom stereocenters. The van der Waals surface area contributed by atoms with Crippen LogP contribution in [0.25, 0.3) is 0 Å². The summed E-state index contributed by atoms with van der Waals surface area (Å²) in [4.78, 5) is 5.23. The van der Waals surface area contributed by atoms with Crippen molar-refractivity contribution in [3.8, 4) is 0 Å². The highest BCUT2D eigenvalue weighted by Gasteiger charge is 2.30. The first-order valence-corrected chi connectivity index (χ1v) is 4.48. The first-order chi connectivity index (χ1) is 6.46. The normalized spacial score (nSPS) is 18.4. The van der Waals surface area contributed by atoms with Gasteiger partial charge in [0.15, 0.2) is 5.96 Å². The predicted octanol–water partition coefficient (Wildman–Crippen LogP) is 0.0229. The van der Waals surface area contributed by atoms with Gasteiger partial charge in [0.2, 0.25) is 0 Å². The van der Waals surface area contributed by atoms with E-state index < -0.39 is 19.1 Å². The minimum atomic E-state index is -3.17. The van der Waals surface area contributed by atoms with Gasteiger partial charge in [0.05, 0.1) is 0 Å². The van der Waals surface area contributed by atoms with Crippen LogP contribution in [0.4, 0.5) is 8.78 Å². The average Bonchev–Trinajstić information content (AvgIpc) is 2.96. The lowest BCUT2D eigenvalue weighted by Crippen LogP contribution is -2.37. The fourth-order valence-electron chi connectivity index (χ4n) is 1.01. The molecule has 6 heteroatoms. The average molecular weight is 207 g/mol. The van der Waals surface area contributed by atoms with E-state index >= 15 is 0 Å². The van der Waals surface area contributed by atoms with Crippen molar-refractivity contribution in [2.75, 3.05) is 20.2 Å². The highest BCUT2D eigenvalue weighted by Crippen LogP contribution is 2.25. The Bertz CT molecular complexity index is 229. The van der Waals surface area contributed by atoms with Crippen molar-refractivity contribution in [1.29, 1.82) is 0 Å². The Morgan fingerprint density at radius 3 is 2.64 bits per heavy atom. The van der Waals surface area contributed by atoms with Gasteiger partial charge in [-0.3, -0.25) is 0 Å². The van der Waals surface area contributed by atoms with Crippen molar-refractivity contribution < 1.29 is 13.9 Å². The number of aliphatic hydroxyl groups is 1. The van der Waals surface area contributed by atoms with E-state index in [1.54, 1.807) is 11.9 Å². The van der Waals surface area contributed by atoms with Crippen molar-refractivity contribution in [1.82, 2.24) is 4.90 Å². The largest absolute Gasteiger partial charge is 0.390 e. The van der Waals surface area contributed by atoms with E-state index in [-0.39, 0.29) is 5.96 Å². The number of hydrogen-bond acceptors (Lipinski definition) is 2. The standard InChI is InChI=1S/C8H15F2N3O/c1-13(6-2-3-6)7(11)12-4-8(9,10)5-14/h6,14H,2-5H2,1H3,(H2,11,12). The van der Waals surface area contributed by atoms with Crippen molar-refractivity contribution >= 4 is 5.96 Å². The molecule has 0 atom stereocenters. The van der Waals surface area contributed by atoms with Crippen LogP contribution in [0.15, 0.2) is 4.99 Å². The van der Waals surface area contributed by atoms with Gasteiger partial charge in [-0.05, 0) is 12.8 Å². The molecule has 4 nitrogen and oxygen atoms in total.